The van der Waals surface area contributed by atoms with Crippen LogP contribution in [-0.4, -0.2) is 32.9 Å². The predicted molar refractivity (Wildman–Crippen MR) is 126 cm³/mol. The molecule has 32 heavy (non-hydrogen) atoms. The Balaban J connectivity index is 1.53. The summed E-state index contributed by atoms with van der Waals surface area (Å²) < 4.78 is 15.9. The van der Waals surface area contributed by atoms with Crippen molar-refractivity contribution < 1.29 is 19.0 Å². The number of hydrogen-bond acceptors (Lipinski definition) is 7. The quantitative estimate of drug-likeness (QED) is 0.316. The van der Waals surface area contributed by atoms with Gasteiger partial charge in [0.05, 0.1) is 38.4 Å². The third-order valence-electron chi connectivity index (χ3n) is 5.03. The van der Waals surface area contributed by atoms with E-state index in [0.29, 0.717) is 28.5 Å². The van der Waals surface area contributed by atoms with Gasteiger partial charge in [0.1, 0.15) is 0 Å². The minimum absolute atomic E-state index is 0.344. The van der Waals surface area contributed by atoms with Gasteiger partial charge in [0, 0.05) is 15.4 Å². The van der Waals surface area contributed by atoms with Crippen LogP contribution in [0.2, 0.25) is 0 Å². The molecule has 0 fully saturated rings. The van der Waals surface area contributed by atoms with Crippen molar-refractivity contribution in [3.05, 3.63) is 65.7 Å². The van der Waals surface area contributed by atoms with Crippen LogP contribution in [0, 0.1) is 0 Å². The number of para-hydroxylation sites is 1. The SMILES string of the molecule is COc1cc(C(=O)N/N=C(\C)c2ccc3c(c2)Nc2ccccc2S3)cc(OC)c1OC. The minimum Gasteiger partial charge on any atom is -0.493 e. The van der Waals surface area contributed by atoms with E-state index in [1.54, 1.807) is 23.9 Å². The van der Waals surface area contributed by atoms with E-state index in [2.05, 4.69) is 34.0 Å². The molecule has 1 heterocycles. The highest BCUT2D eigenvalue weighted by Crippen LogP contribution is 2.44. The number of hydrogen-bond donors (Lipinski definition) is 2. The van der Waals surface area contributed by atoms with E-state index < -0.39 is 0 Å². The molecule has 0 aromatic heterocycles. The standard InChI is InChI=1S/C24H23N3O4S/c1-14(15-9-10-22-18(11-15)25-17-7-5-6-8-21(17)32-22)26-27-24(28)16-12-19(29-2)23(31-4)20(13-16)30-3/h5-13,25H,1-4H3,(H,27,28)/b26-14+. The van der Waals surface area contributed by atoms with Gasteiger partial charge in [-0.1, -0.05) is 30.0 Å². The van der Waals surface area contributed by atoms with E-state index in [9.17, 15) is 4.79 Å². The highest BCUT2D eigenvalue weighted by atomic mass is 32.2. The Labute approximate surface area is 190 Å². The Morgan fingerprint density at radius 2 is 1.56 bits per heavy atom. The lowest BCUT2D eigenvalue weighted by molar-refractivity contribution is 0.0954. The summed E-state index contributed by atoms with van der Waals surface area (Å²) in [5, 5.41) is 7.75. The molecule has 1 amide bonds. The van der Waals surface area contributed by atoms with E-state index in [4.69, 9.17) is 14.2 Å². The Hall–Kier alpha value is -3.65. The Bertz CT molecular complexity index is 1180. The lowest BCUT2D eigenvalue weighted by Crippen LogP contribution is -2.19. The average Bonchev–Trinajstić information content (AvgIpc) is 2.84. The molecule has 7 nitrogen and oxygen atoms in total. The molecule has 164 valence electrons. The number of carbonyl (C=O) groups excluding carboxylic acids is 1. The number of anilines is 2. The summed E-state index contributed by atoms with van der Waals surface area (Å²) in [6.07, 6.45) is 0. The maximum atomic E-state index is 12.7. The molecule has 2 N–H and O–H groups in total. The van der Waals surface area contributed by atoms with Gasteiger partial charge in [-0.25, -0.2) is 5.43 Å². The number of amides is 1. The summed E-state index contributed by atoms with van der Waals surface area (Å²) in [5.41, 5.74) is 6.62. The van der Waals surface area contributed by atoms with Gasteiger partial charge in [-0.2, -0.15) is 5.10 Å². The molecule has 0 bridgehead atoms. The number of hydrazone groups is 1. The highest BCUT2D eigenvalue weighted by molar-refractivity contribution is 7.99. The summed E-state index contributed by atoms with van der Waals surface area (Å²) in [5.74, 6) is 0.837. The van der Waals surface area contributed by atoms with Gasteiger partial charge in [0.15, 0.2) is 11.5 Å². The fourth-order valence-corrected chi connectivity index (χ4v) is 4.31. The van der Waals surface area contributed by atoms with Crippen molar-refractivity contribution in [3.63, 3.8) is 0 Å². The number of ether oxygens (including phenoxy) is 3. The second kappa shape index (κ2) is 9.23. The van der Waals surface area contributed by atoms with Crippen LogP contribution in [-0.2, 0) is 0 Å². The van der Waals surface area contributed by atoms with Crippen molar-refractivity contribution in [1.29, 1.82) is 0 Å². The summed E-state index contributed by atoms with van der Waals surface area (Å²) >= 11 is 1.72. The van der Waals surface area contributed by atoms with Crippen LogP contribution < -0.4 is 25.0 Å². The summed E-state index contributed by atoms with van der Waals surface area (Å²) in [6.45, 7) is 1.85. The van der Waals surface area contributed by atoms with Gasteiger partial charge >= 0.3 is 0 Å². The van der Waals surface area contributed by atoms with E-state index in [1.807, 2.05) is 31.2 Å². The van der Waals surface area contributed by atoms with Crippen LogP contribution in [0.15, 0.2) is 69.5 Å². The number of rotatable bonds is 6. The third kappa shape index (κ3) is 4.22. The zero-order valence-electron chi connectivity index (χ0n) is 18.2. The number of nitrogens with one attached hydrogen (secondary N) is 2. The molecule has 3 aromatic carbocycles. The van der Waals surface area contributed by atoms with Gasteiger partial charge in [-0.05, 0) is 48.9 Å². The second-order valence-electron chi connectivity index (χ2n) is 6.99. The minimum atomic E-state index is -0.385. The Morgan fingerprint density at radius 1 is 0.875 bits per heavy atom. The Morgan fingerprint density at radius 3 is 2.25 bits per heavy atom. The Kier molecular flexibility index (Phi) is 6.23. The fraction of sp³-hybridized carbons (Fsp3) is 0.167. The van der Waals surface area contributed by atoms with Crippen LogP contribution in [0.1, 0.15) is 22.8 Å². The largest absolute Gasteiger partial charge is 0.493 e. The molecule has 1 aliphatic rings. The van der Waals surface area contributed by atoms with Crippen molar-refractivity contribution in [1.82, 2.24) is 5.43 Å². The molecule has 0 radical (unpaired) electrons. The van der Waals surface area contributed by atoms with E-state index in [0.717, 1.165) is 21.8 Å². The number of methoxy groups -OCH3 is 3. The first-order valence-electron chi connectivity index (χ1n) is 9.87. The topological polar surface area (TPSA) is 81.2 Å². The highest BCUT2D eigenvalue weighted by Gasteiger charge is 2.18. The normalized spacial score (nSPS) is 12.2. The smallest absolute Gasteiger partial charge is 0.271 e. The number of carbonyl (C=O) groups is 1. The molecule has 3 aromatic rings. The molecule has 0 aliphatic carbocycles. The van der Waals surface area contributed by atoms with Gasteiger partial charge < -0.3 is 19.5 Å². The summed E-state index contributed by atoms with van der Waals surface area (Å²) in [7, 11) is 4.52. The summed E-state index contributed by atoms with van der Waals surface area (Å²) in [4.78, 5) is 15.0. The number of fused-ring (bicyclic) bond motifs is 2. The van der Waals surface area contributed by atoms with Gasteiger partial charge in [-0.3, -0.25) is 4.79 Å². The summed E-state index contributed by atoms with van der Waals surface area (Å²) in [6, 6.07) is 17.4. The third-order valence-corrected chi connectivity index (χ3v) is 6.18. The van der Waals surface area contributed by atoms with E-state index in [1.165, 1.54) is 26.2 Å². The number of benzene rings is 3. The van der Waals surface area contributed by atoms with Gasteiger partial charge in [0.2, 0.25) is 5.75 Å². The maximum Gasteiger partial charge on any atom is 0.271 e. The van der Waals surface area contributed by atoms with E-state index in [-0.39, 0.29) is 5.91 Å². The molecular weight excluding hydrogens is 426 g/mol. The van der Waals surface area contributed by atoms with E-state index >= 15 is 0 Å². The first-order chi connectivity index (χ1) is 15.5. The molecule has 0 spiro atoms. The maximum absolute atomic E-state index is 12.7. The van der Waals surface area contributed by atoms with Crippen molar-refractivity contribution in [2.24, 2.45) is 5.10 Å². The average molecular weight is 450 g/mol. The van der Waals surface area contributed by atoms with Gasteiger partial charge in [0.25, 0.3) is 5.91 Å². The molecule has 8 heteroatoms. The molecule has 0 saturated heterocycles. The first-order valence-corrected chi connectivity index (χ1v) is 10.7. The van der Waals surface area contributed by atoms with Crippen LogP contribution in [0.5, 0.6) is 17.2 Å². The monoisotopic (exact) mass is 449 g/mol. The lowest BCUT2D eigenvalue weighted by Gasteiger charge is -2.21. The van der Waals surface area contributed by atoms with Crippen LogP contribution in [0.25, 0.3) is 0 Å². The zero-order valence-corrected chi connectivity index (χ0v) is 19.0. The molecule has 1 aliphatic heterocycles. The second-order valence-corrected chi connectivity index (χ2v) is 8.07. The van der Waals surface area contributed by atoms with Crippen molar-refractivity contribution >= 4 is 34.8 Å². The molecule has 0 atom stereocenters. The fourth-order valence-electron chi connectivity index (χ4n) is 3.34. The number of nitrogens with zero attached hydrogens (tertiary/aromatic N) is 1. The van der Waals surface area contributed by atoms with Crippen molar-refractivity contribution in [2.45, 2.75) is 16.7 Å². The molecule has 0 unspecified atom stereocenters. The molecule has 4 rings (SSSR count). The molecular formula is C24H23N3O4S. The van der Waals surface area contributed by atoms with Gasteiger partial charge in [-0.15, -0.1) is 0 Å². The zero-order chi connectivity index (χ0) is 22.7. The molecule has 0 saturated carbocycles. The van der Waals surface area contributed by atoms with Crippen molar-refractivity contribution in [2.75, 3.05) is 26.6 Å². The van der Waals surface area contributed by atoms with Crippen LogP contribution in [0.3, 0.4) is 0 Å². The predicted octanol–water partition coefficient (Wildman–Crippen LogP) is 5.07. The van der Waals surface area contributed by atoms with Crippen LogP contribution in [0.4, 0.5) is 11.4 Å². The van der Waals surface area contributed by atoms with Crippen molar-refractivity contribution in [3.8, 4) is 17.2 Å². The first kappa shape index (κ1) is 21.6. The lowest BCUT2D eigenvalue weighted by atomic mass is 10.1. The van der Waals surface area contributed by atoms with Crippen LogP contribution >= 0.6 is 11.8 Å².